The molecule has 2 heterocycles. The first-order valence-electron chi connectivity index (χ1n) is 14.1. The highest BCUT2D eigenvalue weighted by atomic mass is 32.1. The molecule has 3 fully saturated rings. The summed E-state index contributed by atoms with van der Waals surface area (Å²) in [7, 11) is 2.69. The molecule has 3 aliphatic rings. The topological polar surface area (TPSA) is 72.8 Å². The molecule has 0 bridgehead atoms. The molecule has 0 aliphatic heterocycles. The minimum atomic E-state index is -0.545. The summed E-state index contributed by atoms with van der Waals surface area (Å²) in [6, 6.07) is 7.71. The Bertz CT molecular complexity index is 955. The second-order valence-corrected chi connectivity index (χ2v) is 12.5. The predicted molar refractivity (Wildman–Crippen MR) is 164 cm³/mol. The molecular formula is C32H50O5S2. The van der Waals surface area contributed by atoms with E-state index < -0.39 is 5.60 Å². The smallest absolute Gasteiger partial charge is 0.348 e. The zero-order valence-corrected chi connectivity index (χ0v) is 26.8. The molecule has 3 saturated carbocycles. The van der Waals surface area contributed by atoms with Gasteiger partial charge < -0.3 is 14.6 Å². The van der Waals surface area contributed by atoms with Crippen molar-refractivity contribution in [2.75, 3.05) is 14.2 Å². The Morgan fingerprint density at radius 2 is 1.67 bits per heavy atom. The van der Waals surface area contributed by atoms with Gasteiger partial charge in [0.15, 0.2) is 0 Å². The van der Waals surface area contributed by atoms with Crippen molar-refractivity contribution in [3.05, 3.63) is 56.9 Å². The second kappa shape index (κ2) is 17.7. The maximum Gasteiger partial charge on any atom is 0.348 e. The van der Waals surface area contributed by atoms with E-state index in [9.17, 15) is 9.90 Å². The molecule has 2 aromatic rings. The molecule has 39 heavy (non-hydrogen) atoms. The van der Waals surface area contributed by atoms with E-state index in [2.05, 4.69) is 54.3 Å². The van der Waals surface area contributed by atoms with Gasteiger partial charge in [-0.2, -0.15) is 0 Å². The van der Waals surface area contributed by atoms with E-state index in [1.165, 1.54) is 62.5 Å². The number of hydrogen-bond acceptors (Lipinski definition) is 7. The molecule has 5 nitrogen and oxygen atoms in total. The number of ether oxygens (including phenoxy) is 2. The van der Waals surface area contributed by atoms with E-state index in [4.69, 9.17) is 4.79 Å². The number of methoxy groups -OCH3 is 2. The lowest BCUT2D eigenvalue weighted by molar-refractivity contribution is -0.217. The van der Waals surface area contributed by atoms with Crippen LogP contribution in [0.2, 0.25) is 0 Å². The molecule has 1 N–H and O–H groups in total. The van der Waals surface area contributed by atoms with E-state index in [0.29, 0.717) is 23.2 Å². The van der Waals surface area contributed by atoms with Gasteiger partial charge in [-0.3, -0.25) is 4.79 Å². The fraction of sp³-hybridized carbons (Fsp3) is 0.625. The van der Waals surface area contributed by atoms with Gasteiger partial charge in [0, 0.05) is 4.88 Å². The molecule has 0 aromatic carbocycles. The maximum absolute atomic E-state index is 10.9. The summed E-state index contributed by atoms with van der Waals surface area (Å²) >= 11 is 3.16. The SMILES string of the molecule is C=C(C)[C@@]1(O)C2CCC3C(C)CCCC3C2[C@H]1C.CC.COC(=O)c1cccs1.COC=O.Cc1cccs1. The lowest BCUT2D eigenvalue weighted by atomic mass is 9.41. The zero-order valence-electron chi connectivity index (χ0n) is 25.1. The Hall–Kier alpha value is -1.96. The Morgan fingerprint density at radius 1 is 1.05 bits per heavy atom. The Balaban J connectivity index is 0.000000302. The summed E-state index contributed by atoms with van der Waals surface area (Å²) in [5.41, 5.74) is 0.453. The quantitative estimate of drug-likeness (QED) is 0.225. The summed E-state index contributed by atoms with van der Waals surface area (Å²) in [6.45, 7) is 17.3. The van der Waals surface area contributed by atoms with Crippen molar-refractivity contribution in [1.82, 2.24) is 0 Å². The van der Waals surface area contributed by atoms with Gasteiger partial charge in [-0.15, -0.1) is 22.7 Å². The normalized spacial score (nSPS) is 29.6. The molecule has 0 spiro atoms. The van der Waals surface area contributed by atoms with E-state index >= 15 is 0 Å². The van der Waals surface area contributed by atoms with Gasteiger partial charge in [-0.25, -0.2) is 4.79 Å². The van der Waals surface area contributed by atoms with Crippen molar-refractivity contribution in [1.29, 1.82) is 0 Å². The highest BCUT2D eigenvalue weighted by Crippen LogP contribution is 2.64. The Morgan fingerprint density at radius 3 is 2.10 bits per heavy atom. The van der Waals surface area contributed by atoms with Crippen molar-refractivity contribution in [2.24, 2.45) is 35.5 Å². The van der Waals surface area contributed by atoms with Gasteiger partial charge in [0.05, 0.1) is 19.8 Å². The minimum absolute atomic E-state index is 0.259. The fourth-order valence-electron chi connectivity index (χ4n) is 6.67. The predicted octanol–water partition coefficient (Wildman–Crippen LogP) is 8.43. The number of aliphatic hydroxyl groups is 1. The summed E-state index contributed by atoms with van der Waals surface area (Å²) < 4.78 is 8.33. The molecule has 2 aromatic heterocycles. The van der Waals surface area contributed by atoms with Crippen LogP contribution in [-0.4, -0.2) is 37.4 Å². The van der Waals surface area contributed by atoms with Crippen molar-refractivity contribution in [3.63, 3.8) is 0 Å². The van der Waals surface area contributed by atoms with Crippen LogP contribution in [0.15, 0.2) is 47.2 Å². The lowest BCUT2D eigenvalue weighted by Gasteiger charge is -2.65. The average Bonchev–Trinajstić information content (AvgIpc) is 3.68. The first-order valence-corrected chi connectivity index (χ1v) is 15.9. The number of esters is 1. The summed E-state index contributed by atoms with van der Waals surface area (Å²) in [5, 5.41) is 14.8. The summed E-state index contributed by atoms with van der Waals surface area (Å²) in [6.07, 6.45) is 6.81. The molecule has 7 heteroatoms. The molecule has 7 atom stereocenters. The molecule has 5 rings (SSSR count). The van der Waals surface area contributed by atoms with E-state index in [0.717, 1.165) is 29.2 Å². The number of hydrogen-bond donors (Lipinski definition) is 1. The molecule has 0 amide bonds. The van der Waals surface area contributed by atoms with Crippen molar-refractivity contribution in [2.45, 2.75) is 79.2 Å². The summed E-state index contributed by atoms with van der Waals surface area (Å²) in [4.78, 5) is 21.6. The number of thiophene rings is 2. The number of carbonyl (C=O) groups excluding carboxylic acids is 2. The van der Waals surface area contributed by atoms with Crippen LogP contribution in [0, 0.1) is 42.4 Å². The standard InChI is InChI=1S/C17H28O.C6H6O2S.C5H6S.C2H4O2.C2H6/c1-10(2)17(18)12(4)16-14-7-5-6-11(3)13(14)8-9-15(16)17;1-8-6(7)5-3-2-4-9-5;1-5-3-2-4-6-5;1-4-2-3;1-2/h11-16,18H,1,5-9H2,2-4H3;2-4H,1H3;2-4H,1H3;2H,1H3;1-2H3/t11?,12-,13?,14?,15?,16?,17+;;;;/m1..../s1. The molecule has 5 unspecified atom stereocenters. The summed E-state index contributed by atoms with van der Waals surface area (Å²) in [5.74, 6) is 4.20. The molecule has 0 saturated heterocycles. The van der Waals surface area contributed by atoms with Crippen LogP contribution in [-0.2, 0) is 14.3 Å². The zero-order chi connectivity index (χ0) is 29.6. The second-order valence-electron chi connectivity index (χ2n) is 10.4. The molecule has 0 radical (unpaired) electrons. The van der Waals surface area contributed by atoms with E-state index in [1.807, 2.05) is 32.2 Å². The fourth-order valence-corrected chi connectivity index (χ4v) is 7.84. The van der Waals surface area contributed by atoms with E-state index in [-0.39, 0.29) is 5.97 Å². The monoisotopic (exact) mass is 578 g/mol. The third kappa shape index (κ3) is 9.02. The van der Waals surface area contributed by atoms with Gasteiger partial charge in [0.2, 0.25) is 0 Å². The van der Waals surface area contributed by atoms with Crippen LogP contribution < -0.4 is 0 Å². The Kier molecular flexibility index (Phi) is 15.9. The van der Waals surface area contributed by atoms with Crippen LogP contribution in [0.25, 0.3) is 0 Å². The number of rotatable bonds is 3. The lowest BCUT2D eigenvalue weighted by Crippen LogP contribution is -2.66. The van der Waals surface area contributed by atoms with Gasteiger partial charge in [-0.1, -0.05) is 59.2 Å². The van der Waals surface area contributed by atoms with E-state index in [1.54, 1.807) is 17.4 Å². The van der Waals surface area contributed by atoms with Crippen LogP contribution in [0.1, 0.15) is 81.3 Å². The van der Waals surface area contributed by atoms with Crippen molar-refractivity contribution >= 4 is 35.1 Å². The maximum atomic E-state index is 10.9. The van der Waals surface area contributed by atoms with Gasteiger partial charge >= 0.3 is 5.97 Å². The third-order valence-corrected chi connectivity index (χ3v) is 10.1. The Labute approximate surface area is 244 Å². The van der Waals surface area contributed by atoms with Gasteiger partial charge in [0.25, 0.3) is 6.47 Å². The van der Waals surface area contributed by atoms with Gasteiger partial charge in [0.1, 0.15) is 4.88 Å². The van der Waals surface area contributed by atoms with Crippen LogP contribution in [0.4, 0.5) is 0 Å². The molecule has 220 valence electrons. The van der Waals surface area contributed by atoms with Gasteiger partial charge in [-0.05, 0) is 97.1 Å². The number of carbonyl (C=O) groups is 2. The number of aryl methyl sites for hydroxylation is 1. The first kappa shape index (κ1) is 35.1. The third-order valence-electron chi connectivity index (χ3n) is 8.44. The van der Waals surface area contributed by atoms with Crippen molar-refractivity contribution in [3.8, 4) is 0 Å². The molecule has 3 aliphatic carbocycles. The minimum Gasteiger partial charge on any atom is -0.471 e. The van der Waals surface area contributed by atoms with Crippen LogP contribution in [0.5, 0.6) is 0 Å². The first-order chi connectivity index (χ1) is 18.6. The van der Waals surface area contributed by atoms with Crippen molar-refractivity contribution < 1.29 is 24.2 Å². The van der Waals surface area contributed by atoms with Crippen LogP contribution in [0.3, 0.4) is 0 Å². The number of fused-ring (bicyclic) bond motifs is 3. The average molecular weight is 579 g/mol. The van der Waals surface area contributed by atoms with Crippen LogP contribution >= 0.6 is 22.7 Å². The highest BCUT2D eigenvalue weighted by Gasteiger charge is 2.63. The molecular weight excluding hydrogens is 528 g/mol. The largest absolute Gasteiger partial charge is 0.471 e. The highest BCUT2D eigenvalue weighted by molar-refractivity contribution is 7.12.